The third-order valence-corrected chi connectivity index (χ3v) is 3.36. The first-order valence-electron chi connectivity index (χ1n) is 5.85. The molecule has 1 fully saturated rings. The van der Waals surface area contributed by atoms with Crippen molar-refractivity contribution in [2.45, 2.75) is 25.2 Å². The summed E-state index contributed by atoms with van der Waals surface area (Å²) >= 11 is 0. The second kappa shape index (κ2) is 5.28. The van der Waals surface area contributed by atoms with Gasteiger partial charge in [-0.3, -0.25) is 0 Å². The van der Waals surface area contributed by atoms with Crippen LogP contribution >= 0.6 is 9.03 Å². The van der Waals surface area contributed by atoms with E-state index >= 15 is 0 Å². The highest BCUT2D eigenvalue weighted by Crippen LogP contribution is 2.30. The van der Waals surface area contributed by atoms with E-state index in [1.54, 1.807) is 0 Å². The molecule has 1 aromatic heterocycles. The van der Waals surface area contributed by atoms with Crippen LogP contribution in [0.4, 0.5) is 0 Å². The Morgan fingerprint density at radius 3 is 3.22 bits per heavy atom. The number of rotatable bonds is 4. The second-order valence-electron chi connectivity index (χ2n) is 4.22. The van der Waals surface area contributed by atoms with Gasteiger partial charge in [0.2, 0.25) is 0 Å². The van der Waals surface area contributed by atoms with Crippen molar-refractivity contribution in [3.8, 4) is 0 Å². The number of hydrogen-bond acceptors (Lipinski definition) is 5. The number of para-hydroxylation sites is 1. The first-order valence-corrected chi connectivity index (χ1v) is 6.70. The first kappa shape index (κ1) is 12.0. The maximum absolute atomic E-state index is 8.64. The molecule has 0 radical (unpaired) electrons. The van der Waals surface area contributed by atoms with Gasteiger partial charge in [-0.1, -0.05) is 17.3 Å². The number of hydrogen-bond donors (Lipinski definition) is 1. The lowest BCUT2D eigenvalue weighted by molar-refractivity contribution is -0.0212. The number of benzene rings is 1. The predicted octanol–water partition coefficient (Wildman–Crippen LogP) is 1.63. The molecule has 3 rings (SSSR count). The molecule has 7 heteroatoms. The molecule has 1 aromatic carbocycles. The van der Waals surface area contributed by atoms with E-state index < -0.39 is 9.03 Å². The van der Waals surface area contributed by atoms with E-state index in [1.807, 2.05) is 28.9 Å². The summed E-state index contributed by atoms with van der Waals surface area (Å²) in [6.07, 6.45) is 1.73. The van der Waals surface area contributed by atoms with Gasteiger partial charge in [-0.25, -0.2) is 4.68 Å². The normalized spacial score (nSPS) is 24.5. The minimum atomic E-state index is -0.481. The summed E-state index contributed by atoms with van der Waals surface area (Å²) in [6, 6.07) is 7.82. The molecule has 1 N–H and O–H groups in total. The molecule has 0 spiro atoms. The van der Waals surface area contributed by atoms with Gasteiger partial charge < -0.3 is 14.2 Å². The lowest BCUT2D eigenvalue weighted by Gasteiger charge is -2.13. The molecule has 96 valence electrons. The molecule has 3 atom stereocenters. The minimum absolute atomic E-state index is 0.0256. The molecule has 0 bridgehead atoms. The van der Waals surface area contributed by atoms with Crippen molar-refractivity contribution < 1.29 is 14.2 Å². The molecule has 0 saturated carbocycles. The zero-order valence-corrected chi connectivity index (χ0v) is 10.7. The van der Waals surface area contributed by atoms with Gasteiger partial charge in [0.25, 0.3) is 0 Å². The zero-order valence-electron chi connectivity index (χ0n) is 9.69. The number of ether oxygens (including phenoxy) is 1. The molecule has 2 aromatic rings. The molecule has 3 unspecified atom stereocenters. The van der Waals surface area contributed by atoms with Crippen molar-refractivity contribution in [2.24, 2.45) is 0 Å². The van der Waals surface area contributed by atoms with E-state index in [-0.39, 0.29) is 12.3 Å². The van der Waals surface area contributed by atoms with Crippen LogP contribution in [0.25, 0.3) is 11.0 Å². The summed E-state index contributed by atoms with van der Waals surface area (Å²) in [6.45, 7) is 0.429. The summed E-state index contributed by atoms with van der Waals surface area (Å²) in [5.74, 6) is 0. The summed E-state index contributed by atoms with van der Waals surface area (Å²) < 4.78 is 12.6. The maximum Gasteiger partial charge on any atom is 0.153 e. The van der Waals surface area contributed by atoms with Gasteiger partial charge in [-0.2, -0.15) is 0 Å². The van der Waals surface area contributed by atoms with Gasteiger partial charge in [0.1, 0.15) is 5.52 Å². The minimum Gasteiger partial charge on any atom is -0.352 e. The van der Waals surface area contributed by atoms with Gasteiger partial charge in [-0.05, 0) is 25.0 Å². The Hall–Kier alpha value is -1.07. The fourth-order valence-electron chi connectivity index (χ4n) is 2.22. The summed E-state index contributed by atoms with van der Waals surface area (Å²) in [7, 11) is -0.481. The third kappa shape index (κ3) is 2.24. The van der Waals surface area contributed by atoms with Gasteiger partial charge in [0.15, 0.2) is 15.3 Å². The summed E-state index contributed by atoms with van der Waals surface area (Å²) in [4.78, 5) is 8.64. The Balaban J connectivity index is 1.76. The first-order chi connectivity index (χ1) is 8.88. The summed E-state index contributed by atoms with van der Waals surface area (Å²) in [5.41, 5.74) is 1.85. The molecule has 0 aliphatic carbocycles. The van der Waals surface area contributed by atoms with Crippen molar-refractivity contribution in [1.29, 1.82) is 0 Å². The van der Waals surface area contributed by atoms with Crippen molar-refractivity contribution in [1.82, 2.24) is 15.0 Å². The van der Waals surface area contributed by atoms with Gasteiger partial charge in [0, 0.05) is 0 Å². The maximum atomic E-state index is 8.64. The van der Waals surface area contributed by atoms with Crippen LogP contribution in [-0.2, 0) is 9.26 Å². The fraction of sp³-hybridized carbons (Fsp3) is 0.455. The monoisotopic (exact) mass is 267 g/mol. The van der Waals surface area contributed by atoms with Crippen LogP contribution in [0.15, 0.2) is 24.3 Å². The standard InChI is InChI=1S/C11H14N3O3P/c15-18-16-7-8-5-6-11(17-8)14-10-4-2-1-3-9(10)12-13-14/h1-4,8,11,15,18H,5-7H2. The second-order valence-corrected chi connectivity index (χ2v) is 4.69. The van der Waals surface area contributed by atoms with Gasteiger partial charge in [-0.15, -0.1) is 5.10 Å². The lowest BCUT2D eigenvalue weighted by atomic mass is 10.2. The lowest BCUT2D eigenvalue weighted by Crippen LogP contribution is -2.15. The van der Waals surface area contributed by atoms with Crippen LogP contribution in [0.5, 0.6) is 0 Å². The van der Waals surface area contributed by atoms with Gasteiger partial charge in [0.05, 0.1) is 18.2 Å². The predicted molar refractivity (Wildman–Crippen MR) is 67.2 cm³/mol. The largest absolute Gasteiger partial charge is 0.352 e. The van der Waals surface area contributed by atoms with Crippen molar-refractivity contribution in [3.05, 3.63) is 24.3 Å². The Labute approximate surface area is 106 Å². The topological polar surface area (TPSA) is 69.4 Å². The van der Waals surface area contributed by atoms with E-state index in [2.05, 4.69) is 10.3 Å². The van der Waals surface area contributed by atoms with E-state index in [0.717, 1.165) is 23.9 Å². The van der Waals surface area contributed by atoms with Crippen molar-refractivity contribution >= 4 is 20.1 Å². The molecule has 1 aliphatic heterocycles. The molecule has 0 amide bonds. The molecule has 2 heterocycles. The average molecular weight is 267 g/mol. The molecular formula is C11H14N3O3P. The van der Waals surface area contributed by atoms with E-state index in [4.69, 9.17) is 14.2 Å². The summed E-state index contributed by atoms with van der Waals surface area (Å²) in [5, 5.41) is 8.26. The van der Waals surface area contributed by atoms with Crippen LogP contribution in [0, 0.1) is 0 Å². The van der Waals surface area contributed by atoms with Crippen LogP contribution in [0.2, 0.25) is 0 Å². The highest BCUT2D eigenvalue weighted by Gasteiger charge is 2.28. The molecular weight excluding hydrogens is 253 g/mol. The molecule has 1 aliphatic rings. The Morgan fingerprint density at radius 2 is 2.33 bits per heavy atom. The van der Waals surface area contributed by atoms with Crippen molar-refractivity contribution in [2.75, 3.05) is 6.61 Å². The SMILES string of the molecule is OPOCC1CCC(n2nnc3ccccc32)O1. The highest BCUT2D eigenvalue weighted by atomic mass is 31.1. The van der Waals surface area contributed by atoms with Crippen LogP contribution in [0.1, 0.15) is 19.1 Å². The van der Waals surface area contributed by atoms with E-state index in [9.17, 15) is 0 Å². The highest BCUT2D eigenvalue weighted by molar-refractivity contribution is 7.24. The fourth-order valence-corrected chi connectivity index (χ4v) is 2.48. The molecule has 1 saturated heterocycles. The molecule has 6 nitrogen and oxygen atoms in total. The zero-order chi connectivity index (χ0) is 12.4. The van der Waals surface area contributed by atoms with E-state index in [0.29, 0.717) is 6.61 Å². The Morgan fingerprint density at radius 1 is 1.44 bits per heavy atom. The number of fused-ring (bicyclic) bond motifs is 1. The quantitative estimate of drug-likeness (QED) is 0.852. The van der Waals surface area contributed by atoms with E-state index in [1.165, 1.54) is 0 Å². The van der Waals surface area contributed by atoms with Gasteiger partial charge >= 0.3 is 0 Å². The number of aromatic nitrogens is 3. The Kier molecular flexibility index (Phi) is 3.52. The third-order valence-electron chi connectivity index (χ3n) is 3.07. The Bertz CT molecular complexity index is 533. The van der Waals surface area contributed by atoms with Crippen LogP contribution < -0.4 is 0 Å². The van der Waals surface area contributed by atoms with Crippen LogP contribution in [-0.4, -0.2) is 32.6 Å². The van der Waals surface area contributed by atoms with Crippen LogP contribution in [0.3, 0.4) is 0 Å². The smallest absolute Gasteiger partial charge is 0.153 e. The number of nitrogens with zero attached hydrogens (tertiary/aromatic N) is 3. The average Bonchev–Trinajstić information content (AvgIpc) is 3.02. The molecule has 18 heavy (non-hydrogen) atoms. The van der Waals surface area contributed by atoms with Crippen molar-refractivity contribution in [3.63, 3.8) is 0 Å².